The SMILES string of the molecule is Cc1ccc(N(c2ccc(-c3ccccc3)cc2)c2ccc(C(C)(C)C)cc2)cc1. The summed E-state index contributed by atoms with van der Waals surface area (Å²) in [6.45, 7) is 8.88. The number of rotatable bonds is 4. The molecular weight excluding hydrogens is 362 g/mol. The highest BCUT2D eigenvalue weighted by molar-refractivity contribution is 5.78. The molecule has 150 valence electrons. The second kappa shape index (κ2) is 8.20. The fourth-order valence-corrected chi connectivity index (χ4v) is 3.69. The summed E-state index contributed by atoms with van der Waals surface area (Å²) in [5.41, 5.74) is 8.70. The van der Waals surface area contributed by atoms with Gasteiger partial charge in [0.25, 0.3) is 0 Å². The van der Waals surface area contributed by atoms with E-state index in [2.05, 4.69) is 136 Å². The zero-order valence-corrected chi connectivity index (χ0v) is 18.3. The smallest absolute Gasteiger partial charge is 0.0462 e. The molecule has 0 N–H and O–H groups in total. The van der Waals surface area contributed by atoms with Gasteiger partial charge in [-0.25, -0.2) is 0 Å². The van der Waals surface area contributed by atoms with Crippen LogP contribution < -0.4 is 4.90 Å². The largest absolute Gasteiger partial charge is 0.311 e. The summed E-state index contributed by atoms with van der Waals surface area (Å²) in [6.07, 6.45) is 0. The van der Waals surface area contributed by atoms with Crippen LogP contribution in [0.25, 0.3) is 11.1 Å². The number of hydrogen-bond acceptors (Lipinski definition) is 1. The molecule has 0 amide bonds. The van der Waals surface area contributed by atoms with Crippen LogP contribution in [0.15, 0.2) is 103 Å². The van der Waals surface area contributed by atoms with Gasteiger partial charge < -0.3 is 4.90 Å². The van der Waals surface area contributed by atoms with E-state index in [0.717, 1.165) is 11.4 Å². The van der Waals surface area contributed by atoms with E-state index in [4.69, 9.17) is 0 Å². The molecule has 0 aliphatic heterocycles. The molecule has 0 spiro atoms. The van der Waals surface area contributed by atoms with E-state index in [-0.39, 0.29) is 5.41 Å². The lowest BCUT2D eigenvalue weighted by atomic mass is 9.87. The predicted molar refractivity (Wildman–Crippen MR) is 130 cm³/mol. The van der Waals surface area contributed by atoms with Gasteiger partial charge in [0.2, 0.25) is 0 Å². The summed E-state index contributed by atoms with van der Waals surface area (Å²) < 4.78 is 0. The van der Waals surface area contributed by atoms with Crippen molar-refractivity contribution >= 4 is 17.1 Å². The zero-order chi connectivity index (χ0) is 21.1. The van der Waals surface area contributed by atoms with E-state index in [0.29, 0.717) is 0 Å². The van der Waals surface area contributed by atoms with Crippen molar-refractivity contribution in [2.24, 2.45) is 0 Å². The van der Waals surface area contributed by atoms with Crippen molar-refractivity contribution in [2.75, 3.05) is 4.90 Å². The van der Waals surface area contributed by atoms with Crippen molar-refractivity contribution < 1.29 is 0 Å². The summed E-state index contributed by atoms with van der Waals surface area (Å²) in [4.78, 5) is 2.32. The Morgan fingerprint density at radius 3 is 1.43 bits per heavy atom. The molecule has 0 aromatic heterocycles. The molecule has 0 aliphatic rings. The van der Waals surface area contributed by atoms with Crippen molar-refractivity contribution in [3.63, 3.8) is 0 Å². The Labute approximate surface area is 180 Å². The highest BCUT2D eigenvalue weighted by Gasteiger charge is 2.16. The monoisotopic (exact) mass is 391 g/mol. The summed E-state index contributed by atoms with van der Waals surface area (Å²) in [7, 11) is 0. The maximum Gasteiger partial charge on any atom is 0.0462 e. The number of anilines is 3. The molecule has 0 fully saturated rings. The second-order valence-electron chi connectivity index (χ2n) is 8.88. The van der Waals surface area contributed by atoms with Crippen LogP contribution >= 0.6 is 0 Å². The molecule has 0 bridgehead atoms. The Morgan fingerprint density at radius 1 is 0.500 bits per heavy atom. The second-order valence-corrected chi connectivity index (χ2v) is 8.88. The van der Waals surface area contributed by atoms with E-state index in [1.807, 2.05) is 0 Å². The zero-order valence-electron chi connectivity index (χ0n) is 18.3. The molecule has 0 radical (unpaired) electrons. The van der Waals surface area contributed by atoms with Gasteiger partial charge in [0.15, 0.2) is 0 Å². The molecule has 30 heavy (non-hydrogen) atoms. The minimum Gasteiger partial charge on any atom is -0.311 e. The van der Waals surface area contributed by atoms with Gasteiger partial charge >= 0.3 is 0 Å². The van der Waals surface area contributed by atoms with Gasteiger partial charge in [-0.3, -0.25) is 0 Å². The third-order valence-electron chi connectivity index (χ3n) is 5.52. The van der Waals surface area contributed by atoms with Crippen LogP contribution in [0.4, 0.5) is 17.1 Å². The summed E-state index contributed by atoms with van der Waals surface area (Å²) in [5, 5.41) is 0. The van der Waals surface area contributed by atoms with Gasteiger partial charge in [-0.15, -0.1) is 0 Å². The Balaban J connectivity index is 1.75. The molecular formula is C29H29N. The first-order valence-electron chi connectivity index (χ1n) is 10.5. The number of hydrogen-bond donors (Lipinski definition) is 0. The average molecular weight is 392 g/mol. The van der Waals surface area contributed by atoms with Gasteiger partial charge in [-0.1, -0.05) is 93.1 Å². The van der Waals surface area contributed by atoms with Crippen LogP contribution in [0.5, 0.6) is 0 Å². The standard InChI is InChI=1S/C29H29N/c1-22-10-16-26(17-11-22)30(28-20-14-25(15-21-28)29(2,3)4)27-18-12-24(13-19-27)23-8-6-5-7-9-23/h5-21H,1-4H3. The first kappa shape index (κ1) is 20.0. The fourth-order valence-electron chi connectivity index (χ4n) is 3.69. The lowest BCUT2D eigenvalue weighted by Crippen LogP contribution is -2.13. The van der Waals surface area contributed by atoms with Gasteiger partial charge in [-0.05, 0) is 65.4 Å². The van der Waals surface area contributed by atoms with Crippen LogP contribution in [0.3, 0.4) is 0 Å². The van der Waals surface area contributed by atoms with E-state index in [9.17, 15) is 0 Å². The molecule has 0 aliphatic carbocycles. The van der Waals surface area contributed by atoms with Gasteiger partial charge in [0.1, 0.15) is 0 Å². The molecule has 0 saturated heterocycles. The third kappa shape index (κ3) is 4.31. The van der Waals surface area contributed by atoms with E-state index in [1.165, 1.54) is 27.9 Å². The quantitative estimate of drug-likeness (QED) is 0.337. The first-order valence-corrected chi connectivity index (χ1v) is 10.5. The first-order chi connectivity index (χ1) is 14.4. The van der Waals surface area contributed by atoms with E-state index < -0.39 is 0 Å². The summed E-state index contributed by atoms with van der Waals surface area (Å²) in [6, 6.07) is 37.0. The van der Waals surface area contributed by atoms with Gasteiger partial charge in [0, 0.05) is 17.1 Å². The Hall–Kier alpha value is -3.32. The lowest BCUT2D eigenvalue weighted by Gasteiger charge is -2.27. The van der Waals surface area contributed by atoms with Crippen molar-refractivity contribution in [1.82, 2.24) is 0 Å². The molecule has 0 heterocycles. The lowest BCUT2D eigenvalue weighted by molar-refractivity contribution is 0.590. The summed E-state index contributed by atoms with van der Waals surface area (Å²) >= 11 is 0. The molecule has 4 rings (SSSR count). The van der Waals surface area contributed by atoms with Crippen LogP contribution in [0.2, 0.25) is 0 Å². The molecule has 4 aromatic carbocycles. The Morgan fingerprint density at radius 2 is 0.933 bits per heavy atom. The average Bonchev–Trinajstić information content (AvgIpc) is 2.76. The van der Waals surface area contributed by atoms with Crippen LogP contribution in [-0.4, -0.2) is 0 Å². The highest BCUT2D eigenvalue weighted by Crippen LogP contribution is 2.36. The van der Waals surface area contributed by atoms with Gasteiger partial charge in [-0.2, -0.15) is 0 Å². The normalized spacial score (nSPS) is 11.3. The van der Waals surface area contributed by atoms with Gasteiger partial charge in [0.05, 0.1) is 0 Å². The maximum atomic E-state index is 2.32. The van der Waals surface area contributed by atoms with Crippen LogP contribution in [0.1, 0.15) is 31.9 Å². The molecule has 0 saturated carbocycles. The highest BCUT2D eigenvalue weighted by atomic mass is 15.1. The summed E-state index contributed by atoms with van der Waals surface area (Å²) in [5.74, 6) is 0. The van der Waals surface area contributed by atoms with Crippen molar-refractivity contribution in [3.05, 3.63) is 114 Å². The Bertz CT molecular complexity index is 1080. The minimum atomic E-state index is 0.143. The molecule has 1 heteroatoms. The van der Waals surface area contributed by atoms with Crippen molar-refractivity contribution in [2.45, 2.75) is 33.1 Å². The van der Waals surface area contributed by atoms with Crippen LogP contribution in [0, 0.1) is 6.92 Å². The topological polar surface area (TPSA) is 3.24 Å². The van der Waals surface area contributed by atoms with Crippen molar-refractivity contribution in [3.8, 4) is 11.1 Å². The predicted octanol–water partition coefficient (Wildman–Crippen LogP) is 8.43. The fraction of sp³-hybridized carbons (Fsp3) is 0.172. The molecule has 0 atom stereocenters. The number of benzene rings is 4. The Kier molecular flexibility index (Phi) is 5.46. The van der Waals surface area contributed by atoms with E-state index in [1.54, 1.807) is 0 Å². The molecule has 0 unspecified atom stereocenters. The van der Waals surface area contributed by atoms with Crippen molar-refractivity contribution in [1.29, 1.82) is 0 Å². The van der Waals surface area contributed by atoms with Crippen LogP contribution in [-0.2, 0) is 5.41 Å². The minimum absolute atomic E-state index is 0.143. The third-order valence-corrected chi connectivity index (χ3v) is 5.52. The number of aryl methyl sites for hydroxylation is 1. The molecule has 4 aromatic rings. The molecule has 1 nitrogen and oxygen atoms in total. The maximum absolute atomic E-state index is 2.32. The van der Waals surface area contributed by atoms with E-state index >= 15 is 0 Å². The number of nitrogens with zero attached hydrogens (tertiary/aromatic N) is 1.